The number of halogens is 3. The molecule has 1 aliphatic carbocycles. The first-order chi connectivity index (χ1) is 8.71. The third kappa shape index (κ3) is 7.06. The molecule has 0 aromatic carbocycles. The maximum absolute atomic E-state index is 11.7. The first-order valence-electron chi connectivity index (χ1n) is 7.08. The van der Waals surface area contributed by atoms with Crippen molar-refractivity contribution in [2.75, 3.05) is 0 Å². The van der Waals surface area contributed by atoms with Gasteiger partial charge in [0.2, 0.25) is 0 Å². The van der Waals surface area contributed by atoms with Crippen LogP contribution in [-0.2, 0) is 4.79 Å². The minimum atomic E-state index is -1.86. The fraction of sp³-hybridized carbons (Fsp3) is 0.929. The molecule has 112 valence electrons. The second-order valence-electron chi connectivity index (χ2n) is 6.32. The van der Waals surface area contributed by atoms with E-state index in [4.69, 9.17) is 34.8 Å². The molecule has 0 aliphatic heterocycles. The van der Waals surface area contributed by atoms with Crippen LogP contribution >= 0.6 is 34.8 Å². The van der Waals surface area contributed by atoms with Gasteiger partial charge in [-0.3, -0.25) is 4.79 Å². The Morgan fingerprint density at radius 2 is 1.68 bits per heavy atom. The average molecular weight is 329 g/mol. The highest BCUT2D eigenvalue weighted by molar-refractivity contribution is 6.76. The third-order valence-electron chi connectivity index (χ3n) is 3.92. The van der Waals surface area contributed by atoms with Gasteiger partial charge in [0.15, 0.2) is 0 Å². The van der Waals surface area contributed by atoms with Crippen LogP contribution in [0.1, 0.15) is 65.2 Å². The number of amides is 1. The summed E-state index contributed by atoms with van der Waals surface area (Å²) in [5, 5.41) is 2.88. The molecule has 0 aromatic heterocycles. The molecule has 1 saturated carbocycles. The zero-order chi connectivity index (χ0) is 14.5. The van der Waals surface area contributed by atoms with Crippen LogP contribution in [0.5, 0.6) is 0 Å². The van der Waals surface area contributed by atoms with Crippen LogP contribution in [0.3, 0.4) is 0 Å². The predicted molar refractivity (Wildman–Crippen MR) is 82.9 cm³/mol. The van der Waals surface area contributed by atoms with Crippen molar-refractivity contribution in [2.45, 2.75) is 75.0 Å². The molecule has 1 unspecified atom stereocenters. The maximum atomic E-state index is 11.7. The lowest BCUT2D eigenvalue weighted by molar-refractivity contribution is -0.121. The molecule has 0 spiro atoms. The molecule has 0 radical (unpaired) electrons. The fourth-order valence-electron chi connectivity index (χ4n) is 2.59. The van der Waals surface area contributed by atoms with Crippen molar-refractivity contribution < 1.29 is 4.79 Å². The van der Waals surface area contributed by atoms with Crippen LogP contribution in [0.2, 0.25) is 0 Å². The maximum Gasteiger partial charge on any atom is 0.272 e. The van der Waals surface area contributed by atoms with Crippen molar-refractivity contribution >= 4 is 40.7 Å². The SMILES string of the molecule is CC1(C)CCCCCCC(NC(=O)C(Cl)(Cl)Cl)CC1. The van der Waals surface area contributed by atoms with Gasteiger partial charge in [0.05, 0.1) is 0 Å². The van der Waals surface area contributed by atoms with E-state index in [-0.39, 0.29) is 6.04 Å². The zero-order valence-electron chi connectivity index (χ0n) is 11.8. The fourth-order valence-corrected chi connectivity index (χ4v) is 2.76. The highest BCUT2D eigenvalue weighted by Crippen LogP contribution is 2.32. The summed E-state index contributed by atoms with van der Waals surface area (Å²) in [4.78, 5) is 11.7. The summed E-state index contributed by atoms with van der Waals surface area (Å²) in [5.74, 6) is -0.502. The second kappa shape index (κ2) is 7.38. The van der Waals surface area contributed by atoms with Crippen molar-refractivity contribution in [1.29, 1.82) is 0 Å². The van der Waals surface area contributed by atoms with Crippen molar-refractivity contribution in [3.63, 3.8) is 0 Å². The highest BCUT2D eigenvalue weighted by atomic mass is 35.6. The monoisotopic (exact) mass is 327 g/mol. The molecule has 2 nitrogen and oxygen atoms in total. The van der Waals surface area contributed by atoms with E-state index in [1.54, 1.807) is 0 Å². The Morgan fingerprint density at radius 1 is 1.05 bits per heavy atom. The van der Waals surface area contributed by atoms with Gasteiger partial charge >= 0.3 is 0 Å². The lowest BCUT2D eigenvalue weighted by Gasteiger charge is -2.29. The number of carbonyl (C=O) groups is 1. The van der Waals surface area contributed by atoms with E-state index in [0.717, 1.165) is 25.7 Å². The van der Waals surface area contributed by atoms with Crippen LogP contribution < -0.4 is 5.32 Å². The van der Waals surface area contributed by atoms with Gasteiger partial charge in [0.25, 0.3) is 9.70 Å². The number of rotatable bonds is 1. The van der Waals surface area contributed by atoms with Crippen LogP contribution in [0.15, 0.2) is 0 Å². The molecule has 1 N–H and O–H groups in total. The van der Waals surface area contributed by atoms with Crippen LogP contribution in [0, 0.1) is 5.41 Å². The van der Waals surface area contributed by atoms with E-state index in [2.05, 4.69) is 19.2 Å². The average Bonchev–Trinajstić information content (AvgIpc) is 2.28. The van der Waals surface area contributed by atoms with Crippen LogP contribution in [0.25, 0.3) is 0 Å². The Labute approximate surface area is 131 Å². The molecule has 0 aromatic rings. The number of hydrogen-bond acceptors (Lipinski definition) is 1. The number of carbonyl (C=O) groups excluding carboxylic acids is 1. The van der Waals surface area contributed by atoms with Gasteiger partial charge < -0.3 is 5.32 Å². The molecule has 1 amide bonds. The molecular formula is C14H24Cl3NO. The topological polar surface area (TPSA) is 29.1 Å². The highest BCUT2D eigenvalue weighted by Gasteiger charge is 2.32. The second-order valence-corrected chi connectivity index (χ2v) is 8.61. The van der Waals surface area contributed by atoms with Crippen LogP contribution in [0.4, 0.5) is 0 Å². The molecule has 0 bridgehead atoms. The van der Waals surface area contributed by atoms with Gasteiger partial charge in [-0.25, -0.2) is 0 Å². The lowest BCUT2D eigenvalue weighted by Crippen LogP contribution is -2.42. The van der Waals surface area contributed by atoms with Crippen LogP contribution in [-0.4, -0.2) is 15.7 Å². The Hall–Kier alpha value is 0.340. The van der Waals surface area contributed by atoms with Gasteiger partial charge in [0.1, 0.15) is 0 Å². The van der Waals surface area contributed by atoms with Crippen molar-refractivity contribution in [2.24, 2.45) is 5.41 Å². The molecule has 0 saturated heterocycles. The lowest BCUT2D eigenvalue weighted by atomic mass is 9.80. The largest absolute Gasteiger partial charge is 0.350 e. The summed E-state index contributed by atoms with van der Waals surface area (Å²) >= 11 is 16.8. The van der Waals surface area contributed by atoms with Crippen molar-refractivity contribution in [3.05, 3.63) is 0 Å². The van der Waals surface area contributed by atoms with E-state index in [9.17, 15) is 4.79 Å². The van der Waals surface area contributed by atoms with Crippen molar-refractivity contribution in [1.82, 2.24) is 5.32 Å². The van der Waals surface area contributed by atoms with E-state index in [1.165, 1.54) is 25.7 Å². The smallest absolute Gasteiger partial charge is 0.272 e. The molecule has 19 heavy (non-hydrogen) atoms. The Morgan fingerprint density at radius 3 is 2.32 bits per heavy atom. The summed E-state index contributed by atoms with van der Waals surface area (Å²) < 4.78 is -1.86. The van der Waals surface area contributed by atoms with E-state index < -0.39 is 9.70 Å². The third-order valence-corrected chi connectivity index (χ3v) is 4.43. The molecule has 0 heterocycles. The minimum absolute atomic E-state index is 0.125. The minimum Gasteiger partial charge on any atom is -0.350 e. The number of alkyl halides is 3. The molecule has 5 heteroatoms. The summed E-state index contributed by atoms with van der Waals surface area (Å²) in [6, 6.07) is 0.125. The normalized spacial score (nSPS) is 25.6. The first-order valence-corrected chi connectivity index (χ1v) is 8.22. The summed E-state index contributed by atoms with van der Waals surface area (Å²) in [5.41, 5.74) is 0.334. The molecule has 1 atom stereocenters. The van der Waals surface area contributed by atoms with Gasteiger partial charge in [-0.15, -0.1) is 0 Å². The zero-order valence-corrected chi connectivity index (χ0v) is 14.0. The van der Waals surface area contributed by atoms with Gasteiger partial charge in [-0.1, -0.05) is 74.3 Å². The summed E-state index contributed by atoms with van der Waals surface area (Å²) in [6.07, 6.45) is 9.20. The first kappa shape index (κ1) is 17.4. The predicted octanol–water partition coefficient (Wildman–Crippen LogP) is 5.00. The van der Waals surface area contributed by atoms with E-state index >= 15 is 0 Å². The van der Waals surface area contributed by atoms with Gasteiger partial charge in [0, 0.05) is 6.04 Å². The standard InChI is InChI=1S/C14H24Cl3NO/c1-13(2)9-6-4-3-5-7-11(8-10-13)18-12(19)14(15,16)17/h11H,3-10H2,1-2H3,(H,18,19). The molecule has 1 aliphatic rings. The Bertz CT molecular complexity index is 300. The molecular weight excluding hydrogens is 305 g/mol. The Kier molecular flexibility index (Phi) is 6.75. The van der Waals surface area contributed by atoms with Gasteiger partial charge in [-0.2, -0.15) is 0 Å². The molecule has 1 rings (SSSR count). The number of nitrogens with one attached hydrogen (secondary N) is 1. The van der Waals surface area contributed by atoms with Crippen molar-refractivity contribution in [3.8, 4) is 0 Å². The summed E-state index contributed by atoms with van der Waals surface area (Å²) in [7, 11) is 0. The van der Waals surface area contributed by atoms with E-state index in [0.29, 0.717) is 5.41 Å². The molecule has 1 fully saturated rings. The van der Waals surface area contributed by atoms with Gasteiger partial charge in [-0.05, 0) is 31.1 Å². The van der Waals surface area contributed by atoms with E-state index in [1.807, 2.05) is 0 Å². The Balaban J connectivity index is 2.56. The summed E-state index contributed by atoms with van der Waals surface area (Å²) in [6.45, 7) is 4.59. The number of hydrogen-bond donors (Lipinski definition) is 1. The quantitative estimate of drug-likeness (QED) is 0.674.